The average molecular weight is 179 g/mol. The van der Waals surface area contributed by atoms with Crippen LogP contribution in [0.5, 0.6) is 0 Å². The van der Waals surface area contributed by atoms with Crippen molar-refractivity contribution >= 4 is 10.0 Å². The van der Waals surface area contributed by atoms with Crippen molar-refractivity contribution < 1.29 is 13.2 Å². The summed E-state index contributed by atoms with van der Waals surface area (Å²) < 4.78 is 26.2. The molecule has 1 aliphatic rings. The van der Waals surface area contributed by atoms with E-state index in [9.17, 15) is 8.42 Å². The van der Waals surface area contributed by atoms with Crippen molar-refractivity contribution in [2.75, 3.05) is 12.4 Å². The Bertz CT molecular complexity index is 206. The zero-order chi connectivity index (χ0) is 8.32. The molecule has 2 N–H and O–H groups in total. The number of hydrogen-bond acceptors (Lipinski definition) is 3. The van der Waals surface area contributed by atoms with Crippen LogP contribution in [0.3, 0.4) is 0 Å². The summed E-state index contributed by atoms with van der Waals surface area (Å²) in [6, 6.07) is 0. The second-order valence-corrected chi connectivity index (χ2v) is 4.52. The van der Waals surface area contributed by atoms with Gasteiger partial charge in [0.25, 0.3) is 0 Å². The van der Waals surface area contributed by atoms with Gasteiger partial charge in [0.05, 0.1) is 11.9 Å². The normalized spacial score (nSPS) is 25.7. The number of nitrogens with two attached hydrogens (primary N) is 1. The molecule has 0 aromatic rings. The van der Waals surface area contributed by atoms with Crippen LogP contribution in [0.15, 0.2) is 0 Å². The Morgan fingerprint density at radius 1 is 1.55 bits per heavy atom. The van der Waals surface area contributed by atoms with Crippen molar-refractivity contribution in [3.63, 3.8) is 0 Å². The molecule has 0 aliphatic carbocycles. The van der Waals surface area contributed by atoms with Crippen LogP contribution in [-0.2, 0) is 14.8 Å². The first kappa shape index (κ1) is 8.96. The topological polar surface area (TPSA) is 69.4 Å². The fourth-order valence-electron chi connectivity index (χ4n) is 1.17. The Balaban J connectivity index is 2.22. The molecular formula is C6H13NO3S. The Morgan fingerprint density at radius 3 is 2.73 bits per heavy atom. The predicted molar refractivity (Wildman–Crippen MR) is 41.6 cm³/mol. The summed E-state index contributed by atoms with van der Waals surface area (Å²) in [4.78, 5) is 0. The lowest BCUT2D eigenvalue weighted by molar-refractivity contribution is 0.109. The van der Waals surface area contributed by atoms with Crippen molar-refractivity contribution in [2.24, 2.45) is 5.14 Å². The summed E-state index contributed by atoms with van der Waals surface area (Å²) in [6.45, 7) is 0.759. The van der Waals surface area contributed by atoms with Gasteiger partial charge in [-0.3, -0.25) is 0 Å². The fraction of sp³-hybridized carbons (Fsp3) is 1.00. The molecule has 0 aromatic carbocycles. The molecule has 11 heavy (non-hydrogen) atoms. The van der Waals surface area contributed by atoms with Crippen LogP contribution in [0.4, 0.5) is 0 Å². The van der Waals surface area contributed by atoms with E-state index < -0.39 is 10.0 Å². The van der Waals surface area contributed by atoms with Crippen LogP contribution < -0.4 is 5.14 Å². The predicted octanol–water partition coefficient (Wildman–Crippen LogP) is -0.156. The van der Waals surface area contributed by atoms with E-state index in [0.29, 0.717) is 6.42 Å². The third-order valence-electron chi connectivity index (χ3n) is 1.75. The van der Waals surface area contributed by atoms with Crippen LogP contribution in [0.25, 0.3) is 0 Å². The lowest BCUT2D eigenvalue weighted by Gasteiger charge is -2.06. The summed E-state index contributed by atoms with van der Waals surface area (Å²) in [5.41, 5.74) is 0. The zero-order valence-electron chi connectivity index (χ0n) is 6.32. The van der Waals surface area contributed by atoms with Crippen LogP contribution >= 0.6 is 0 Å². The van der Waals surface area contributed by atoms with Gasteiger partial charge < -0.3 is 4.74 Å². The van der Waals surface area contributed by atoms with Crippen molar-refractivity contribution in [1.29, 1.82) is 0 Å². The van der Waals surface area contributed by atoms with Gasteiger partial charge in [0, 0.05) is 6.61 Å². The Kier molecular flexibility index (Phi) is 2.86. The highest BCUT2D eigenvalue weighted by molar-refractivity contribution is 7.89. The Labute approximate surface area is 66.8 Å². The van der Waals surface area contributed by atoms with E-state index in [1.807, 2.05) is 0 Å². The molecule has 0 amide bonds. The van der Waals surface area contributed by atoms with Gasteiger partial charge >= 0.3 is 0 Å². The minimum Gasteiger partial charge on any atom is -0.378 e. The second-order valence-electron chi connectivity index (χ2n) is 2.79. The van der Waals surface area contributed by atoms with Crippen molar-refractivity contribution in [2.45, 2.75) is 25.4 Å². The van der Waals surface area contributed by atoms with Gasteiger partial charge in [0.15, 0.2) is 0 Å². The van der Waals surface area contributed by atoms with Crippen LogP contribution in [0.2, 0.25) is 0 Å². The van der Waals surface area contributed by atoms with Crippen LogP contribution in [-0.4, -0.2) is 26.9 Å². The SMILES string of the molecule is NS(=O)(=O)CC[C@@H]1CCCO1. The van der Waals surface area contributed by atoms with E-state index in [0.717, 1.165) is 19.4 Å². The third-order valence-corrected chi connectivity index (χ3v) is 2.55. The Hall–Kier alpha value is -0.130. The summed E-state index contributed by atoms with van der Waals surface area (Å²) in [7, 11) is -3.29. The maximum atomic E-state index is 10.5. The first-order valence-electron chi connectivity index (χ1n) is 3.70. The largest absolute Gasteiger partial charge is 0.378 e. The molecule has 4 nitrogen and oxygen atoms in total. The maximum Gasteiger partial charge on any atom is 0.209 e. The second kappa shape index (κ2) is 3.51. The molecule has 0 unspecified atom stereocenters. The molecule has 1 saturated heterocycles. The molecule has 5 heteroatoms. The zero-order valence-corrected chi connectivity index (χ0v) is 7.14. The Morgan fingerprint density at radius 2 is 2.27 bits per heavy atom. The summed E-state index contributed by atoms with van der Waals surface area (Å²) in [5, 5.41) is 4.83. The number of primary sulfonamides is 1. The summed E-state index contributed by atoms with van der Waals surface area (Å²) >= 11 is 0. The highest BCUT2D eigenvalue weighted by Crippen LogP contribution is 2.15. The van der Waals surface area contributed by atoms with E-state index >= 15 is 0 Å². The molecule has 0 spiro atoms. The lowest BCUT2D eigenvalue weighted by atomic mass is 10.2. The molecule has 0 aromatic heterocycles. The fourth-order valence-corrected chi connectivity index (χ4v) is 1.76. The number of hydrogen-bond donors (Lipinski definition) is 1. The van der Waals surface area contributed by atoms with Crippen molar-refractivity contribution in [1.82, 2.24) is 0 Å². The first-order chi connectivity index (χ1) is 5.08. The smallest absolute Gasteiger partial charge is 0.209 e. The van der Waals surface area contributed by atoms with Gasteiger partial charge in [-0.1, -0.05) is 0 Å². The van der Waals surface area contributed by atoms with E-state index in [-0.39, 0.29) is 11.9 Å². The molecule has 1 atom stereocenters. The molecule has 0 saturated carbocycles. The molecule has 1 aliphatic heterocycles. The van der Waals surface area contributed by atoms with Crippen LogP contribution in [0.1, 0.15) is 19.3 Å². The van der Waals surface area contributed by atoms with Crippen molar-refractivity contribution in [3.8, 4) is 0 Å². The van der Waals surface area contributed by atoms with E-state index in [1.165, 1.54) is 0 Å². The summed E-state index contributed by atoms with van der Waals surface area (Å²) in [6.07, 6.45) is 2.66. The quantitative estimate of drug-likeness (QED) is 0.654. The van der Waals surface area contributed by atoms with E-state index in [4.69, 9.17) is 9.88 Å². The molecule has 1 fully saturated rings. The van der Waals surface area contributed by atoms with Gasteiger partial charge in [-0.15, -0.1) is 0 Å². The average Bonchev–Trinajstić information content (AvgIpc) is 2.32. The maximum absolute atomic E-state index is 10.5. The lowest BCUT2D eigenvalue weighted by Crippen LogP contribution is -2.20. The highest BCUT2D eigenvalue weighted by Gasteiger charge is 2.17. The number of sulfonamides is 1. The number of rotatable bonds is 3. The first-order valence-corrected chi connectivity index (χ1v) is 5.41. The third kappa shape index (κ3) is 3.69. The minimum absolute atomic E-state index is 0.0394. The molecule has 66 valence electrons. The van der Waals surface area contributed by atoms with Gasteiger partial charge in [-0.25, -0.2) is 13.6 Å². The standard InChI is InChI=1S/C6H13NO3S/c7-11(8,9)5-3-6-2-1-4-10-6/h6H,1-5H2,(H2,7,8,9)/t6-/m0/s1. The number of ether oxygens (including phenoxy) is 1. The van der Waals surface area contributed by atoms with Crippen molar-refractivity contribution in [3.05, 3.63) is 0 Å². The molecule has 1 heterocycles. The molecule has 1 rings (SSSR count). The molecule has 0 radical (unpaired) electrons. The van der Waals surface area contributed by atoms with E-state index in [1.54, 1.807) is 0 Å². The summed E-state index contributed by atoms with van der Waals surface area (Å²) in [5.74, 6) is 0.0394. The van der Waals surface area contributed by atoms with Crippen LogP contribution in [0, 0.1) is 0 Å². The molecule has 0 bridgehead atoms. The van der Waals surface area contributed by atoms with Gasteiger partial charge in [0.1, 0.15) is 0 Å². The monoisotopic (exact) mass is 179 g/mol. The highest BCUT2D eigenvalue weighted by atomic mass is 32.2. The van der Waals surface area contributed by atoms with Gasteiger partial charge in [-0.2, -0.15) is 0 Å². The molecular weight excluding hydrogens is 166 g/mol. The van der Waals surface area contributed by atoms with Gasteiger partial charge in [0.2, 0.25) is 10.0 Å². The minimum atomic E-state index is -3.29. The van der Waals surface area contributed by atoms with E-state index in [2.05, 4.69) is 0 Å². The van der Waals surface area contributed by atoms with Gasteiger partial charge in [-0.05, 0) is 19.3 Å².